The molecule has 20 heavy (non-hydrogen) atoms. The van der Waals surface area contributed by atoms with E-state index in [-0.39, 0.29) is 0 Å². The standard InChI is InChI=1S/C15H12BrN3O/c16-12-6-8-13(9-7-12)19(17)15-18-10-14(20-15)11-4-2-1-3-5-11/h1-10H,17H2. The van der Waals surface area contributed by atoms with Crippen molar-refractivity contribution in [3.05, 3.63) is 65.3 Å². The third-order valence-electron chi connectivity index (χ3n) is 2.86. The summed E-state index contributed by atoms with van der Waals surface area (Å²) in [6.07, 6.45) is 1.67. The Morgan fingerprint density at radius 3 is 2.40 bits per heavy atom. The largest absolute Gasteiger partial charge is 0.422 e. The minimum Gasteiger partial charge on any atom is -0.422 e. The fraction of sp³-hybridized carbons (Fsp3) is 0. The molecule has 5 heteroatoms. The van der Waals surface area contributed by atoms with Gasteiger partial charge >= 0.3 is 6.01 Å². The first-order chi connectivity index (χ1) is 9.74. The number of nitrogens with zero attached hydrogens (tertiary/aromatic N) is 2. The number of nitrogens with two attached hydrogens (primary N) is 1. The molecule has 0 aliphatic heterocycles. The number of hydrogen-bond donors (Lipinski definition) is 1. The Hall–Kier alpha value is -2.11. The van der Waals surface area contributed by atoms with Crippen molar-refractivity contribution in [2.24, 2.45) is 5.84 Å². The van der Waals surface area contributed by atoms with Crippen molar-refractivity contribution < 1.29 is 4.42 Å². The molecule has 0 radical (unpaired) electrons. The molecule has 2 N–H and O–H groups in total. The maximum Gasteiger partial charge on any atom is 0.317 e. The summed E-state index contributed by atoms with van der Waals surface area (Å²) in [6.45, 7) is 0. The molecule has 1 heterocycles. The molecule has 0 aliphatic carbocycles. The molecule has 0 saturated heterocycles. The Kier molecular flexibility index (Phi) is 3.54. The number of aromatic nitrogens is 1. The SMILES string of the molecule is NN(c1ccc(Br)cc1)c1ncc(-c2ccccc2)o1. The van der Waals surface area contributed by atoms with Crippen molar-refractivity contribution >= 4 is 27.6 Å². The number of hydrazine groups is 1. The number of oxazole rings is 1. The molecule has 0 bridgehead atoms. The van der Waals surface area contributed by atoms with Crippen LogP contribution in [0.2, 0.25) is 0 Å². The second-order valence-corrected chi connectivity index (χ2v) is 5.14. The number of halogens is 1. The van der Waals surface area contributed by atoms with Gasteiger partial charge in [0.2, 0.25) is 0 Å². The first kappa shape index (κ1) is 12.9. The van der Waals surface area contributed by atoms with Crippen molar-refractivity contribution in [1.29, 1.82) is 0 Å². The minimum atomic E-state index is 0.353. The predicted molar refractivity (Wildman–Crippen MR) is 82.4 cm³/mol. The zero-order valence-corrected chi connectivity index (χ0v) is 12.1. The summed E-state index contributed by atoms with van der Waals surface area (Å²) in [6, 6.07) is 17.7. The monoisotopic (exact) mass is 329 g/mol. The van der Waals surface area contributed by atoms with E-state index in [0.717, 1.165) is 15.7 Å². The summed E-state index contributed by atoms with van der Waals surface area (Å²) in [7, 11) is 0. The van der Waals surface area contributed by atoms with Gasteiger partial charge in [0, 0.05) is 10.0 Å². The molecule has 0 fully saturated rings. The van der Waals surface area contributed by atoms with E-state index in [9.17, 15) is 0 Å². The quantitative estimate of drug-likeness (QED) is 0.580. The molecule has 1 aromatic heterocycles. The molecule has 0 amide bonds. The average Bonchev–Trinajstić information content (AvgIpc) is 2.98. The Labute approximate surface area is 124 Å². The molecule has 0 aliphatic rings. The van der Waals surface area contributed by atoms with Crippen LogP contribution in [0.5, 0.6) is 0 Å². The van der Waals surface area contributed by atoms with Crippen LogP contribution >= 0.6 is 15.9 Å². The van der Waals surface area contributed by atoms with Crippen LogP contribution in [0.1, 0.15) is 0 Å². The van der Waals surface area contributed by atoms with E-state index in [1.807, 2.05) is 54.6 Å². The van der Waals surface area contributed by atoms with Gasteiger partial charge in [-0.15, -0.1) is 0 Å². The summed E-state index contributed by atoms with van der Waals surface area (Å²) in [5, 5.41) is 1.42. The van der Waals surface area contributed by atoms with E-state index >= 15 is 0 Å². The number of rotatable bonds is 3. The fourth-order valence-corrected chi connectivity index (χ4v) is 2.09. The van der Waals surface area contributed by atoms with Gasteiger partial charge in [0.25, 0.3) is 0 Å². The predicted octanol–water partition coefficient (Wildman–Crippen LogP) is 4.12. The lowest BCUT2D eigenvalue weighted by Crippen LogP contribution is -2.24. The van der Waals surface area contributed by atoms with Crippen molar-refractivity contribution in [2.45, 2.75) is 0 Å². The highest BCUT2D eigenvalue weighted by atomic mass is 79.9. The van der Waals surface area contributed by atoms with E-state index in [0.29, 0.717) is 11.8 Å². The Balaban J connectivity index is 1.88. The highest BCUT2D eigenvalue weighted by Crippen LogP contribution is 2.27. The van der Waals surface area contributed by atoms with E-state index in [4.69, 9.17) is 10.3 Å². The number of benzene rings is 2. The van der Waals surface area contributed by atoms with Crippen LogP contribution in [0.25, 0.3) is 11.3 Å². The molecule has 100 valence electrons. The van der Waals surface area contributed by atoms with Crippen molar-refractivity contribution in [3.8, 4) is 11.3 Å². The molecular weight excluding hydrogens is 318 g/mol. The van der Waals surface area contributed by atoms with Gasteiger partial charge < -0.3 is 4.42 Å². The smallest absolute Gasteiger partial charge is 0.317 e. The second kappa shape index (κ2) is 5.48. The summed E-state index contributed by atoms with van der Waals surface area (Å²) < 4.78 is 6.69. The highest BCUT2D eigenvalue weighted by molar-refractivity contribution is 9.10. The average molecular weight is 330 g/mol. The van der Waals surface area contributed by atoms with E-state index in [2.05, 4.69) is 20.9 Å². The first-order valence-corrected chi connectivity index (χ1v) is 6.85. The van der Waals surface area contributed by atoms with Crippen LogP contribution in [0.3, 0.4) is 0 Å². The van der Waals surface area contributed by atoms with Gasteiger partial charge in [0.05, 0.1) is 11.9 Å². The molecule has 0 atom stereocenters. The lowest BCUT2D eigenvalue weighted by Gasteiger charge is -2.13. The molecule has 0 spiro atoms. The highest BCUT2D eigenvalue weighted by Gasteiger charge is 2.12. The van der Waals surface area contributed by atoms with Crippen molar-refractivity contribution in [3.63, 3.8) is 0 Å². The van der Waals surface area contributed by atoms with Crippen LogP contribution in [0.4, 0.5) is 11.7 Å². The topological polar surface area (TPSA) is 55.3 Å². The summed E-state index contributed by atoms with van der Waals surface area (Å²) in [5.74, 6) is 6.71. The van der Waals surface area contributed by atoms with Gasteiger partial charge in [-0.25, -0.2) is 10.9 Å². The number of anilines is 2. The van der Waals surface area contributed by atoms with Crippen LogP contribution < -0.4 is 10.9 Å². The second-order valence-electron chi connectivity index (χ2n) is 4.22. The lowest BCUT2D eigenvalue weighted by molar-refractivity contribution is 0.568. The van der Waals surface area contributed by atoms with Crippen LogP contribution in [0.15, 0.2) is 69.7 Å². The maximum absolute atomic E-state index is 6.02. The molecule has 4 nitrogen and oxygen atoms in total. The van der Waals surface area contributed by atoms with Gasteiger partial charge in [-0.05, 0) is 24.3 Å². The fourth-order valence-electron chi connectivity index (χ4n) is 1.82. The van der Waals surface area contributed by atoms with Crippen LogP contribution in [-0.2, 0) is 0 Å². The van der Waals surface area contributed by atoms with E-state index < -0.39 is 0 Å². The Morgan fingerprint density at radius 2 is 1.70 bits per heavy atom. The van der Waals surface area contributed by atoms with Gasteiger partial charge in [-0.3, -0.25) is 0 Å². The Bertz CT molecular complexity index is 695. The van der Waals surface area contributed by atoms with Gasteiger partial charge in [-0.2, -0.15) is 4.98 Å². The van der Waals surface area contributed by atoms with Crippen molar-refractivity contribution in [1.82, 2.24) is 4.98 Å². The zero-order chi connectivity index (χ0) is 13.9. The molecule has 0 unspecified atom stereocenters. The zero-order valence-electron chi connectivity index (χ0n) is 10.5. The lowest BCUT2D eigenvalue weighted by atomic mass is 10.2. The molecule has 3 aromatic rings. The Morgan fingerprint density at radius 1 is 1.00 bits per heavy atom. The van der Waals surface area contributed by atoms with E-state index in [1.54, 1.807) is 6.20 Å². The van der Waals surface area contributed by atoms with Gasteiger partial charge in [0.15, 0.2) is 5.76 Å². The summed E-state index contributed by atoms with van der Waals surface area (Å²) in [4.78, 5) is 4.21. The molecule has 3 rings (SSSR count). The van der Waals surface area contributed by atoms with Crippen LogP contribution in [0, 0.1) is 0 Å². The summed E-state index contributed by atoms with van der Waals surface area (Å²) >= 11 is 3.39. The number of hydrogen-bond acceptors (Lipinski definition) is 4. The normalized spacial score (nSPS) is 10.5. The first-order valence-electron chi connectivity index (χ1n) is 6.06. The van der Waals surface area contributed by atoms with Crippen LogP contribution in [-0.4, -0.2) is 4.98 Å². The maximum atomic E-state index is 6.02. The summed E-state index contributed by atoms with van der Waals surface area (Å²) in [5.41, 5.74) is 1.77. The molecule has 0 saturated carbocycles. The third kappa shape index (κ3) is 2.59. The molecule has 2 aromatic carbocycles. The minimum absolute atomic E-state index is 0.353. The van der Waals surface area contributed by atoms with Crippen molar-refractivity contribution in [2.75, 3.05) is 5.01 Å². The van der Waals surface area contributed by atoms with E-state index in [1.165, 1.54) is 5.01 Å². The van der Waals surface area contributed by atoms with Gasteiger partial charge in [0.1, 0.15) is 0 Å². The molecular formula is C15H12BrN3O. The third-order valence-corrected chi connectivity index (χ3v) is 3.39. The van der Waals surface area contributed by atoms with Gasteiger partial charge in [-0.1, -0.05) is 46.3 Å².